The number of amides is 2. The molecule has 12 nitrogen and oxygen atoms in total. The van der Waals surface area contributed by atoms with Crippen molar-refractivity contribution in [1.29, 1.82) is 0 Å². The van der Waals surface area contributed by atoms with E-state index < -0.39 is 22.2 Å². The molecule has 0 unspecified atom stereocenters. The normalized spacial score (nSPS) is 15.7. The van der Waals surface area contributed by atoms with E-state index in [2.05, 4.69) is 14.9 Å². The average molecular weight is 616 g/mol. The van der Waals surface area contributed by atoms with E-state index in [0.717, 1.165) is 13.1 Å². The number of sulfonamides is 1. The second-order valence-corrected chi connectivity index (χ2v) is 11.0. The van der Waals surface area contributed by atoms with Crippen LogP contribution in [0.3, 0.4) is 0 Å². The summed E-state index contributed by atoms with van der Waals surface area (Å²) in [7, 11) is -2.29. The summed E-state index contributed by atoms with van der Waals surface area (Å²) in [5.74, 6) is -3.27. The van der Waals surface area contributed by atoms with Gasteiger partial charge in [0.1, 0.15) is 0 Å². The lowest BCUT2D eigenvalue weighted by Gasteiger charge is -2.31. The van der Waals surface area contributed by atoms with Crippen LogP contribution in [0, 0.1) is 0 Å². The fourth-order valence-corrected chi connectivity index (χ4v) is 5.23. The van der Waals surface area contributed by atoms with Gasteiger partial charge in [-0.25, -0.2) is 13.2 Å². The van der Waals surface area contributed by atoms with Crippen molar-refractivity contribution >= 4 is 39.2 Å². The lowest BCUT2D eigenvalue weighted by molar-refractivity contribution is -0.192. The van der Waals surface area contributed by atoms with Crippen molar-refractivity contribution < 1.29 is 45.8 Å². The number of aliphatic carboxylic acids is 1. The SMILES string of the molecule is CN(CC(=O)N1CCOCC1)C(=O)c1ccc(N2CCNCC2)c(NS(=O)(=O)c2ccccc2)c1.O=C(O)C(F)(F)F. The van der Waals surface area contributed by atoms with Crippen LogP contribution in [0.25, 0.3) is 0 Å². The lowest BCUT2D eigenvalue weighted by atomic mass is 10.1. The molecule has 4 rings (SSSR count). The molecule has 2 aromatic rings. The molecule has 3 N–H and O–H groups in total. The molecule has 2 aromatic carbocycles. The first-order valence-electron chi connectivity index (χ1n) is 12.9. The molecule has 0 atom stereocenters. The first kappa shape index (κ1) is 32.6. The summed E-state index contributed by atoms with van der Waals surface area (Å²) in [5, 5.41) is 10.4. The number of alkyl halides is 3. The van der Waals surface area contributed by atoms with Crippen molar-refractivity contribution in [3.8, 4) is 0 Å². The lowest BCUT2D eigenvalue weighted by Crippen LogP contribution is -2.46. The summed E-state index contributed by atoms with van der Waals surface area (Å²) in [6, 6.07) is 13.1. The Kier molecular flexibility index (Phi) is 11.1. The van der Waals surface area contributed by atoms with Crippen molar-refractivity contribution in [2.24, 2.45) is 0 Å². The second kappa shape index (κ2) is 14.3. The number of halogens is 3. The molecule has 2 fully saturated rings. The van der Waals surface area contributed by atoms with E-state index in [1.807, 2.05) is 0 Å². The molecule has 2 aliphatic heterocycles. The van der Waals surface area contributed by atoms with E-state index in [1.54, 1.807) is 48.3 Å². The van der Waals surface area contributed by atoms with Gasteiger partial charge < -0.3 is 29.9 Å². The Morgan fingerprint density at radius 1 is 1.02 bits per heavy atom. The Hall–Kier alpha value is -3.89. The maximum Gasteiger partial charge on any atom is 0.490 e. The Bertz CT molecular complexity index is 1350. The first-order valence-corrected chi connectivity index (χ1v) is 14.4. The number of benzene rings is 2. The van der Waals surface area contributed by atoms with Gasteiger partial charge in [-0.15, -0.1) is 0 Å². The number of hydrogen-bond acceptors (Lipinski definition) is 8. The maximum atomic E-state index is 13.2. The van der Waals surface area contributed by atoms with Crippen LogP contribution in [-0.2, 0) is 24.3 Å². The average Bonchev–Trinajstić information content (AvgIpc) is 2.97. The highest BCUT2D eigenvalue weighted by atomic mass is 32.2. The fraction of sp³-hybridized carbons (Fsp3) is 0.423. The molecule has 0 aliphatic carbocycles. The predicted octanol–water partition coefficient (Wildman–Crippen LogP) is 1.46. The van der Waals surface area contributed by atoms with Gasteiger partial charge in [0.25, 0.3) is 15.9 Å². The molecule has 42 heavy (non-hydrogen) atoms. The number of carboxylic acids is 1. The van der Waals surface area contributed by atoms with Crippen LogP contribution in [0.1, 0.15) is 10.4 Å². The minimum absolute atomic E-state index is 0.0660. The van der Waals surface area contributed by atoms with Gasteiger partial charge in [0.05, 0.1) is 36.0 Å². The largest absolute Gasteiger partial charge is 0.490 e. The van der Waals surface area contributed by atoms with E-state index >= 15 is 0 Å². The van der Waals surface area contributed by atoms with Crippen LogP contribution in [0.2, 0.25) is 0 Å². The number of anilines is 2. The standard InChI is InChI=1S/C24H31N5O5S.C2HF3O2/c1-27(18-23(30)29-13-15-34-16-14-29)24(31)19-7-8-22(28-11-9-25-10-12-28)21(17-19)26-35(32,33)20-5-3-2-4-6-20;3-2(4,5)1(6)7/h2-8,17,25-26H,9-16,18H2,1H3;(H,6,7). The van der Waals surface area contributed by atoms with Gasteiger partial charge in [-0.1, -0.05) is 18.2 Å². The van der Waals surface area contributed by atoms with Gasteiger partial charge in [0.15, 0.2) is 0 Å². The summed E-state index contributed by atoms with van der Waals surface area (Å²) in [4.78, 5) is 39.9. The molecule has 2 heterocycles. The molecule has 2 saturated heterocycles. The number of carboxylic acid groups (broad SMARTS) is 1. The number of carbonyl (C=O) groups excluding carboxylic acids is 2. The summed E-state index contributed by atoms with van der Waals surface area (Å²) in [6.07, 6.45) is -5.08. The molecular formula is C26H32F3N5O7S. The quantitative estimate of drug-likeness (QED) is 0.421. The third-order valence-electron chi connectivity index (χ3n) is 6.32. The zero-order valence-corrected chi connectivity index (χ0v) is 23.6. The van der Waals surface area contributed by atoms with Crippen molar-refractivity contribution in [2.45, 2.75) is 11.1 Å². The van der Waals surface area contributed by atoms with Crippen molar-refractivity contribution in [1.82, 2.24) is 15.1 Å². The monoisotopic (exact) mass is 615 g/mol. The first-order chi connectivity index (χ1) is 19.8. The Balaban J connectivity index is 0.000000616. The van der Waals surface area contributed by atoms with Crippen LogP contribution in [0.4, 0.5) is 24.5 Å². The fourth-order valence-electron chi connectivity index (χ4n) is 4.14. The molecule has 0 aromatic heterocycles. The number of hydrogen-bond donors (Lipinski definition) is 3. The number of morpholine rings is 1. The molecule has 0 saturated carbocycles. The van der Waals surface area contributed by atoms with Crippen LogP contribution >= 0.6 is 0 Å². The van der Waals surface area contributed by atoms with E-state index in [9.17, 15) is 31.2 Å². The highest BCUT2D eigenvalue weighted by Gasteiger charge is 2.38. The van der Waals surface area contributed by atoms with Gasteiger partial charge in [0.2, 0.25) is 5.91 Å². The molecule has 0 spiro atoms. The van der Waals surface area contributed by atoms with E-state index in [-0.39, 0.29) is 23.3 Å². The van der Waals surface area contributed by atoms with Crippen molar-refractivity contribution in [2.75, 3.05) is 75.7 Å². The smallest absolute Gasteiger partial charge is 0.475 e. The third kappa shape index (κ3) is 9.06. The van der Waals surface area contributed by atoms with Crippen LogP contribution in [-0.4, -0.2) is 113 Å². The van der Waals surface area contributed by atoms with Crippen molar-refractivity contribution in [3.05, 3.63) is 54.1 Å². The van der Waals surface area contributed by atoms with Gasteiger partial charge in [0, 0.05) is 51.9 Å². The number of carbonyl (C=O) groups is 3. The van der Waals surface area contributed by atoms with Crippen LogP contribution in [0.15, 0.2) is 53.4 Å². The summed E-state index contributed by atoms with van der Waals surface area (Å²) in [5.41, 5.74) is 1.33. The molecular weight excluding hydrogens is 583 g/mol. The highest BCUT2D eigenvalue weighted by Crippen LogP contribution is 2.30. The minimum atomic E-state index is -5.08. The number of nitrogens with one attached hydrogen (secondary N) is 2. The second-order valence-electron chi connectivity index (χ2n) is 9.34. The number of piperazine rings is 1. The van der Waals surface area contributed by atoms with E-state index in [0.29, 0.717) is 56.3 Å². The van der Waals surface area contributed by atoms with Gasteiger partial charge >= 0.3 is 12.1 Å². The summed E-state index contributed by atoms with van der Waals surface area (Å²) in [6.45, 7) is 4.89. The predicted molar refractivity (Wildman–Crippen MR) is 147 cm³/mol. The molecule has 16 heteroatoms. The zero-order chi connectivity index (χ0) is 30.9. The van der Waals surface area contributed by atoms with Gasteiger partial charge in [-0.05, 0) is 30.3 Å². The van der Waals surface area contributed by atoms with Gasteiger partial charge in [-0.2, -0.15) is 13.2 Å². The molecule has 2 aliphatic rings. The van der Waals surface area contributed by atoms with Gasteiger partial charge in [-0.3, -0.25) is 14.3 Å². The number of likely N-dealkylation sites (N-methyl/N-ethyl adjacent to an activating group) is 1. The zero-order valence-electron chi connectivity index (χ0n) is 22.8. The number of rotatable bonds is 7. The Morgan fingerprint density at radius 2 is 1.62 bits per heavy atom. The molecule has 0 radical (unpaired) electrons. The summed E-state index contributed by atoms with van der Waals surface area (Å²) >= 11 is 0. The number of ether oxygens (including phenoxy) is 1. The topological polar surface area (TPSA) is 149 Å². The Morgan fingerprint density at radius 3 is 2.19 bits per heavy atom. The Labute approximate surface area is 241 Å². The van der Waals surface area contributed by atoms with E-state index in [4.69, 9.17) is 14.6 Å². The van der Waals surface area contributed by atoms with Crippen LogP contribution < -0.4 is 14.9 Å². The number of nitrogens with zero attached hydrogens (tertiary/aromatic N) is 3. The summed E-state index contributed by atoms with van der Waals surface area (Å²) < 4.78 is 65.8. The maximum absolute atomic E-state index is 13.2. The van der Waals surface area contributed by atoms with E-state index in [1.165, 1.54) is 17.0 Å². The third-order valence-corrected chi connectivity index (χ3v) is 7.71. The minimum Gasteiger partial charge on any atom is -0.475 e. The van der Waals surface area contributed by atoms with Crippen molar-refractivity contribution in [3.63, 3.8) is 0 Å². The highest BCUT2D eigenvalue weighted by molar-refractivity contribution is 7.92. The van der Waals surface area contributed by atoms with Crippen LogP contribution in [0.5, 0.6) is 0 Å². The molecule has 230 valence electrons. The molecule has 2 amide bonds. The molecule has 0 bridgehead atoms.